The summed E-state index contributed by atoms with van der Waals surface area (Å²) >= 11 is 0. The van der Waals surface area contributed by atoms with Gasteiger partial charge in [0.05, 0.1) is 6.61 Å². The maximum Gasteiger partial charge on any atom is 0.471 e. The van der Waals surface area contributed by atoms with Gasteiger partial charge in [0.1, 0.15) is 6.04 Å². The van der Waals surface area contributed by atoms with E-state index in [9.17, 15) is 18.9 Å². The summed E-state index contributed by atoms with van der Waals surface area (Å²) in [6.45, 7) is 3.87. The van der Waals surface area contributed by atoms with Gasteiger partial charge in [-0.1, -0.05) is 0 Å². The molecule has 2 unspecified atom stereocenters. The normalized spacial score (nSPS) is 14.1. The van der Waals surface area contributed by atoms with Crippen LogP contribution in [0.25, 0.3) is 0 Å². The van der Waals surface area contributed by atoms with Gasteiger partial charge >= 0.3 is 7.82 Å². The van der Waals surface area contributed by atoms with Crippen molar-refractivity contribution in [2.45, 2.75) is 58.4 Å². The van der Waals surface area contributed by atoms with Crippen LogP contribution in [0.5, 0.6) is 0 Å². The standard InChI is InChI=1S/C16H32N3O7P/c1-13(20)17-10-7-5-9-15(19-14(2)21)16(22)18-11-6-4-8-12-26-27(23,24)25-3/h15H,4-12H2,1-3H3,(H,17,20)(H,18,22)(H,19,21)(H,23,24). The van der Waals surface area contributed by atoms with Crippen LogP contribution in [0, 0.1) is 0 Å². The summed E-state index contributed by atoms with van der Waals surface area (Å²) < 4.78 is 20.1. The zero-order valence-corrected chi connectivity index (χ0v) is 17.2. The third-order valence-electron chi connectivity index (χ3n) is 3.59. The Morgan fingerprint density at radius 3 is 2.19 bits per heavy atom. The fraction of sp³-hybridized carbons (Fsp3) is 0.812. The molecule has 0 aliphatic rings. The summed E-state index contributed by atoms with van der Waals surface area (Å²) in [6, 6.07) is -0.606. The second-order valence-corrected chi connectivity index (χ2v) is 7.63. The van der Waals surface area contributed by atoms with Crippen molar-refractivity contribution in [3.8, 4) is 0 Å². The molecule has 158 valence electrons. The van der Waals surface area contributed by atoms with Gasteiger partial charge in [-0.3, -0.25) is 23.4 Å². The van der Waals surface area contributed by atoms with Crippen LogP contribution in [-0.2, 0) is 28.0 Å². The zero-order valence-electron chi connectivity index (χ0n) is 16.3. The molecule has 0 saturated heterocycles. The predicted molar refractivity (Wildman–Crippen MR) is 99.8 cm³/mol. The summed E-state index contributed by atoms with van der Waals surface area (Å²) in [5.74, 6) is -0.624. The SMILES string of the molecule is COP(=O)(O)OCCCCCNC(=O)C(CCCCNC(C)=O)NC(C)=O. The van der Waals surface area contributed by atoms with Crippen molar-refractivity contribution >= 4 is 25.5 Å². The number of phosphoric ester groups is 1. The maximum absolute atomic E-state index is 12.2. The van der Waals surface area contributed by atoms with E-state index in [0.717, 1.165) is 13.5 Å². The Morgan fingerprint density at radius 1 is 0.963 bits per heavy atom. The van der Waals surface area contributed by atoms with Crippen LogP contribution in [0.2, 0.25) is 0 Å². The zero-order chi connectivity index (χ0) is 20.7. The Morgan fingerprint density at radius 2 is 1.59 bits per heavy atom. The largest absolute Gasteiger partial charge is 0.471 e. The van der Waals surface area contributed by atoms with Crippen molar-refractivity contribution in [3.63, 3.8) is 0 Å². The minimum Gasteiger partial charge on any atom is -0.356 e. The predicted octanol–water partition coefficient (Wildman–Crippen LogP) is 0.847. The molecule has 27 heavy (non-hydrogen) atoms. The molecule has 0 aliphatic heterocycles. The highest BCUT2D eigenvalue weighted by Crippen LogP contribution is 2.41. The van der Waals surface area contributed by atoms with Crippen LogP contribution in [0.1, 0.15) is 52.4 Å². The van der Waals surface area contributed by atoms with Gasteiger partial charge in [0, 0.05) is 34.0 Å². The Hall–Kier alpha value is -1.48. The lowest BCUT2D eigenvalue weighted by atomic mass is 10.1. The molecular formula is C16H32N3O7P. The minimum absolute atomic E-state index is 0.0956. The molecule has 0 aromatic rings. The highest BCUT2D eigenvalue weighted by molar-refractivity contribution is 7.47. The van der Waals surface area contributed by atoms with Gasteiger partial charge in [-0.05, 0) is 38.5 Å². The van der Waals surface area contributed by atoms with E-state index in [1.54, 1.807) is 0 Å². The quantitative estimate of drug-likeness (QED) is 0.232. The van der Waals surface area contributed by atoms with Crippen molar-refractivity contribution in [2.24, 2.45) is 0 Å². The van der Waals surface area contributed by atoms with Crippen LogP contribution in [0.3, 0.4) is 0 Å². The Balaban J connectivity index is 3.99. The van der Waals surface area contributed by atoms with Crippen molar-refractivity contribution in [1.29, 1.82) is 0 Å². The number of hydrogen-bond donors (Lipinski definition) is 4. The number of hydrogen-bond acceptors (Lipinski definition) is 6. The van der Waals surface area contributed by atoms with Crippen LogP contribution < -0.4 is 16.0 Å². The summed E-state index contributed by atoms with van der Waals surface area (Å²) in [6.07, 6.45) is 3.83. The van der Waals surface area contributed by atoms with Crippen LogP contribution >= 0.6 is 7.82 Å². The molecule has 2 atom stereocenters. The van der Waals surface area contributed by atoms with Gasteiger partial charge in [-0.25, -0.2) is 4.57 Å². The first kappa shape index (κ1) is 25.5. The molecule has 0 bridgehead atoms. The third kappa shape index (κ3) is 15.3. The van der Waals surface area contributed by atoms with Crippen molar-refractivity contribution in [2.75, 3.05) is 26.8 Å². The number of amides is 3. The first-order valence-electron chi connectivity index (χ1n) is 9.00. The molecule has 10 nitrogen and oxygen atoms in total. The fourth-order valence-electron chi connectivity index (χ4n) is 2.22. The van der Waals surface area contributed by atoms with Gasteiger partial charge in [0.2, 0.25) is 17.7 Å². The monoisotopic (exact) mass is 409 g/mol. The summed E-state index contributed by atoms with van der Waals surface area (Å²) in [7, 11) is -2.83. The molecule has 0 saturated carbocycles. The van der Waals surface area contributed by atoms with Gasteiger partial charge in [-0.2, -0.15) is 0 Å². The molecule has 0 fully saturated rings. The highest BCUT2D eigenvalue weighted by Gasteiger charge is 2.19. The second kappa shape index (κ2) is 14.6. The smallest absolute Gasteiger partial charge is 0.356 e. The Labute approximate surface area is 160 Å². The van der Waals surface area contributed by atoms with Crippen molar-refractivity contribution in [1.82, 2.24) is 16.0 Å². The second-order valence-electron chi connectivity index (χ2n) is 6.07. The molecule has 0 aromatic heterocycles. The Bertz CT molecular complexity index is 516. The van der Waals surface area contributed by atoms with Crippen LogP contribution in [0.4, 0.5) is 0 Å². The van der Waals surface area contributed by atoms with Gasteiger partial charge < -0.3 is 20.8 Å². The van der Waals surface area contributed by atoms with Gasteiger partial charge in [0.15, 0.2) is 0 Å². The molecule has 0 rings (SSSR count). The van der Waals surface area contributed by atoms with Gasteiger partial charge in [0.25, 0.3) is 0 Å². The molecule has 11 heteroatoms. The lowest BCUT2D eigenvalue weighted by Crippen LogP contribution is -2.46. The molecule has 0 radical (unpaired) electrons. The summed E-state index contributed by atoms with van der Waals surface area (Å²) in [4.78, 5) is 43.3. The first-order valence-corrected chi connectivity index (χ1v) is 10.5. The number of carbonyl (C=O) groups is 3. The van der Waals surface area contributed by atoms with E-state index < -0.39 is 13.9 Å². The molecular weight excluding hydrogens is 377 g/mol. The average Bonchev–Trinajstić information content (AvgIpc) is 2.58. The lowest BCUT2D eigenvalue weighted by Gasteiger charge is -2.17. The van der Waals surface area contributed by atoms with Crippen molar-refractivity contribution in [3.05, 3.63) is 0 Å². The van der Waals surface area contributed by atoms with E-state index in [4.69, 9.17) is 9.42 Å². The van der Waals surface area contributed by atoms with E-state index in [-0.39, 0.29) is 24.3 Å². The molecule has 4 N–H and O–H groups in total. The minimum atomic E-state index is -3.93. The lowest BCUT2D eigenvalue weighted by molar-refractivity contribution is -0.128. The molecule has 0 aromatic carbocycles. The van der Waals surface area contributed by atoms with Crippen LogP contribution in [-0.4, -0.2) is 55.5 Å². The van der Waals surface area contributed by atoms with E-state index in [1.807, 2.05) is 0 Å². The average molecular weight is 409 g/mol. The van der Waals surface area contributed by atoms with E-state index >= 15 is 0 Å². The van der Waals surface area contributed by atoms with E-state index in [1.165, 1.54) is 13.8 Å². The third-order valence-corrected chi connectivity index (χ3v) is 4.56. The van der Waals surface area contributed by atoms with Gasteiger partial charge in [-0.15, -0.1) is 0 Å². The molecule has 0 heterocycles. The fourth-order valence-corrected chi connectivity index (χ4v) is 2.69. The molecule has 3 amide bonds. The Kier molecular flexibility index (Phi) is 13.8. The number of rotatable bonds is 15. The molecule has 0 aliphatic carbocycles. The van der Waals surface area contributed by atoms with E-state index in [0.29, 0.717) is 45.2 Å². The van der Waals surface area contributed by atoms with E-state index in [2.05, 4.69) is 20.5 Å². The summed E-state index contributed by atoms with van der Waals surface area (Å²) in [5.41, 5.74) is 0. The number of phosphoric acid groups is 1. The highest BCUT2D eigenvalue weighted by atomic mass is 31.2. The number of unbranched alkanes of at least 4 members (excludes halogenated alkanes) is 3. The molecule has 0 spiro atoms. The van der Waals surface area contributed by atoms with Crippen molar-refractivity contribution < 1.29 is 32.9 Å². The first-order chi connectivity index (χ1) is 12.7. The maximum atomic E-state index is 12.2. The van der Waals surface area contributed by atoms with Crippen LogP contribution in [0.15, 0.2) is 0 Å². The topological polar surface area (TPSA) is 143 Å². The number of carbonyl (C=O) groups excluding carboxylic acids is 3. The number of nitrogens with one attached hydrogen (secondary N) is 3. The summed E-state index contributed by atoms with van der Waals surface area (Å²) in [5, 5.41) is 8.09.